The molecule has 2 aromatic rings. The summed E-state index contributed by atoms with van der Waals surface area (Å²) >= 11 is 1.39. The number of anilines is 2. The van der Waals surface area contributed by atoms with Gasteiger partial charge in [0.15, 0.2) is 0 Å². The highest BCUT2D eigenvalue weighted by atomic mass is 32.2. The highest BCUT2D eigenvalue weighted by Crippen LogP contribution is 2.61. The summed E-state index contributed by atoms with van der Waals surface area (Å²) in [5.74, 6) is -0.0144. The van der Waals surface area contributed by atoms with E-state index >= 15 is 0 Å². The van der Waals surface area contributed by atoms with Gasteiger partial charge in [-0.3, -0.25) is 14.5 Å². The van der Waals surface area contributed by atoms with Gasteiger partial charge in [-0.15, -0.1) is 11.8 Å². The number of fused-ring (bicyclic) bond motifs is 1. The summed E-state index contributed by atoms with van der Waals surface area (Å²) in [5.41, 5.74) is 4.44. The molecule has 1 spiro atoms. The molecule has 2 aromatic carbocycles. The molecule has 30 heavy (non-hydrogen) atoms. The normalized spacial score (nSPS) is 26.6. The zero-order chi connectivity index (χ0) is 21.4. The van der Waals surface area contributed by atoms with Crippen LogP contribution in [0.15, 0.2) is 36.4 Å². The van der Waals surface area contributed by atoms with Crippen LogP contribution >= 0.6 is 11.8 Å². The van der Waals surface area contributed by atoms with Crippen LogP contribution in [-0.2, 0) is 20.9 Å². The largest absolute Gasteiger partial charge is 0.303 e. The minimum Gasteiger partial charge on any atom is -0.303 e. The average Bonchev–Trinajstić information content (AvgIpc) is 3.17. The molecule has 2 atom stereocenters. The summed E-state index contributed by atoms with van der Waals surface area (Å²) in [4.78, 5) is 29.7. The summed E-state index contributed by atoms with van der Waals surface area (Å²) in [7, 11) is 0. The summed E-state index contributed by atoms with van der Waals surface area (Å²) < 4.78 is 13.6. The van der Waals surface area contributed by atoms with Crippen molar-refractivity contribution >= 4 is 35.0 Å². The van der Waals surface area contributed by atoms with Crippen LogP contribution in [0.4, 0.5) is 15.8 Å². The van der Waals surface area contributed by atoms with Gasteiger partial charge in [0, 0.05) is 16.8 Å². The molecule has 2 amide bonds. The number of amides is 2. The fraction of sp³-hybridized carbons (Fsp3) is 0.417. The van der Waals surface area contributed by atoms with E-state index in [4.69, 9.17) is 0 Å². The van der Waals surface area contributed by atoms with Crippen LogP contribution in [0.2, 0.25) is 0 Å². The molecular formula is C24H25FN2O2S. The molecule has 0 aliphatic carbocycles. The van der Waals surface area contributed by atoms with Crippen LogP contribution in [0, 0.1) is 5.82 Å². The Labute approximate surface area is 180 Å². The molecule has 5 rings (SSSR count). The van der Waals surface area contributed by atoms with Crippen LogP contribution in [0.3, 0.4) is 0 Å². The number of carbonyl (C=O) groups excluding carboxylic acids is 2. The second-order valence-electron chi connectivity index (χ2n) is 9.13. The van der Waals surface area contributed by atoms with E-state index in [0.717, 1.165) is 24.1 Å². The highest BCUT2D eigenvalue weighted by Gasteiger charge is 2.64. The molecule has 0 N–H and O–H groups in total. The van der Waals surface area contributed by atoms with Gasteiger partial charge in [-0.05, 0) is 74.1 Å². The number of benzene rings is 2. The zero-order valence-electron chi connectivity index (χ0n) is 17.7. The quantitative estimate of drug-likeness (QED) is 0.685. The predicted molar refractivity (Wildman–Crippen MR) is 118 cm³/mol. The van der Waals surface area contributed by atoms with E-state index in [1.165, 1.54) is 35.0 Å². The number of aryl methyl sites for hydroxylation is 1. The number of carbonyl (C=O) groups is 2. The van der Waals surface area contributed by atoms with Crippen molar-refractivity contribution in [2.45, 2.75) is 56.9 Å². The van der Waals surface area contributed by atoms with E-state index in [1.54, 1.807) is 17.0 Å². The van der Waals surface area contributed by atoms with E-state index in [-0.39, 0.29) is 28.9 Å². The summed E-state index contributed by atoms with van der Waals surface area (Å²) in [5, 5.41) is 0. The predicted octanol–water partition coefficient (Wildman–Crippen LogP) is 4.95. The van der Waals surface area contributed by atoms with Gasteiger partial charge in [0.05, 0.1) is 11.4 Å². The van der Waals surface area contributed by atoms with Crippen molar-refractivity contribution in [3.05, 3.63) is 58.9 Å². The molecule has 0 saturated carbocycles. The maximum absolute atomic E-state index is 14.2. The number of rotatable bonds is 2. The fourth-order valence-corrected chi connectivity index (χ4v) is 6.77. The molecule has 3 heterocycles. The number of thioether (sulfide) groups is 1. The molecule has 6 heteroatoms. The van der Waals surface area contributed by atoms with Crippen LogP contribution in [0.1, 0.15) is 56.7 Å². The molecule has 0 bridgehead atoms. The lowest BCUT2D eigenvalue weighted by Gasteiger charge is -2.44. The third-order valence-electron chi connectivity index (χ3n) is 6.68. The molecule has 1 saturated heterocycles. The van der Waals surface area contributed by atoms with E-state index in [1.807, 2.05) is 4.90 Å². The van der Waals surface area contributed by atoms with Crippen molar-refractivity contribution < 1.29 is 14.0 Å². The standard InChI is InChI=1S/C24H25FN2O2S/c1-5-15-10-18-14(2)12-23(3,4)27-21(18)19(11-15)24(22(27)29)26(20(28)13-30-24)17-8-6-16(25)7-9-17/h6-11,14H,5,12-13H2,1-4H3/t14-,24-/m0/s1. The highest BCUT2D eigenvalue weighted by molar-refractivity contribution is 8.02. The first-order chi connectivity index (χ1) is 14.2. The third kappa shape index (κ3) is 2.40. The first-order valence-electron chi connectivity index (χ1n) is 10.4. The molecule has 0 unspecified atom stereocenters. The maximum atomic E-state index is 14.2. The molecule has 0 radical (unpaired) electrons. The Morgan fingerprint density at radius 3 is 2.50 bits per heavy atom. The number of hydrogen-bond donors (Lipinski definition) is 0. The van der Waals surface area contributed by atoms with Crippen LogP contribution < -0.4 is 9.80 Å². The Kier molecular flexibility index (Phi) is 4.14. The van der Waals surface area contributed by atoms with E-state index < -0.39 is 4.87 Å². The smallest absolute Gasteiger partial charge is 0.269 e. The summed E-state index contributed by atoms with van der Waals surface area (Å²) in [6, 6.07) is 10.2. The van der Waals surface area contributed by atoms with E-state index in [2.05, 4.69) is 39.8 Å². The van der Waals surface area contributed by atoms with Crippen LogP contribution in [0.25, 0.3) is 0 Å². The topological polar surface area (TPSA) is 40.6 Å². The van der Waals surface area contributed by atoms with Gasteiger partial charge < -0.3 is 4.90 Å². The van der Waals surface area contributed by atoms with Crippen LogP contribution in [-0.4, -0.2) is 23.1 Å². The monoisotopic (exact) mass is 424 g/mol. The van der Waals surface area contributed by atoms with Crippen molar-refractivity contribution in [3.63, 3.8) is 0 Å². The van der Waals surface area contributed by atoms with Crippen molar-refractivity contribution in [1.82, 2.24) is 0 Å². The van der Waals surface area contributed by atoms with Crippen molar-refractivity contribution in [3.8, 4) is 0 Å². The van der Waals surface area contributed by atoms with Gasteiger partial charge in [0.25, 0.3) is 5.91 Å². The molecule has 4 nitrogen and oxygen atoms in total. The Morgan fingerprint density at radius 1 is 1.13 bits per heavy atom. The zero-order valence-corrected chi connectivity index (χ0v) is 18.5. The molecule has 1 fully saturated rings. The van der Waals surface area contributed by atoms with Gasteiger partial charge in [-0.2, -0.15) is 0 Å². The molecule has 156 valence electrons. The van der Waals surface area contributed by atoms with Crippen molar-refractivity contribution in [2.75, 3.05) is 15.6 Å². The molecular weight excluding hydrogens is 399 g/mol. The average molecular weight is 425 g/mol. The molecule has 0 aromatic heterocycles. The Morgan fingerprint density at radius 2 is 1.83 bits per heavy atom. The fourth-order valence-electron chi connectivity index (χ4n) is 5.45. The van der Waals surface area contributed by atoms with Crippen molar-refractivity contribution in [1.29, 1.82) is 0 Å². The number of halogens is 1. The number of nitrogens with zero attached hydrogens (tertiary/aromatic N) is 2. The van der Waals surface area contributed by atoms with Crippen molar-refractivity contribution in [2.24, 2.45) is 0 Å². The van der Waals surface area contributed by atoms with E-state index in [9.17, 15) is 14.0 Å². The minimum absolute atomic E-state index is 0.0657. The Bertz CT molecular complexity index is 1080. The first-order valence-corrected chi connectivity index (χ1v) is 11.4. The second-order valence-corrected chi connectivity index (χ2v) is 10.3. The van der Waals surface area contributed by atoms with E-state index in [0.29, 0.717) is 11.6 Å². The maximum Gasteiger partial charge on any atom is 0.269 e. The van der Waals surface area contributed by atoms with Crippen LogP contribution in [0.5, 0.6) is 0 Å². The second kappa shape index (κ2) is 6.33. The third-order valence-corrected chi connectivity index (χ3v) is 8.07. The molecule has 3 aliphatic heterocycles. The lowest BCUT2D eigenvalue weighted by Crippen LogP contribution is -2.56. The summed E-state index contributed by atoms with van der Waals surface area (Å²) in [6.07, 6.45) is 1.72. The molecule has 3 aliphatic rings. The Hall–Kier alpha value is -2.34. The SMILES string of the molecule is CCc1cc2c3c(c1)[C@]1(SCC(=O)N1c1ccc(F)cc1)C(=O)N3C(C)(C)C[C@@H]2C. The number of hydrogen-bond acceptors (Lipinski definition) is 3. The first kappa shape index (κ1) is 19.6. The van der Waals surface area contributed by atoms with Gasteiger partial charge in [-0.1, -0.05) is 19.9 Å². The Balaban J connectivity index is 1.81. The van der Waals surface area contributed by atoms with Gasteiger partial charge in [0.1, 0.15) is 5.82 Å². The lowest BCUT2D eigenvalue weighted by molar-refractivity contribution is -0.124. The van der Waals surface area contributed by atoms with Gasteiger partial charge in [0.2, 0.25) is 10.8 Å². The van der Waals surface area contributed by atoms with Gasteiger partial charge in [-0.25, -0.2) is 4.39 Å². The minimum atomic E-state index is -1.13. The lowest BCUT2D eigenvalue weighted by atomic mass is 9.79. The van der Waals surface area contributed by atoms with Gasteiger partial charge >= 0.3 is 0 Å². The summed E-state index contributed by atoms with van der Waals surface area (Å²) in [6.45, 7) is 8.53.